The van der Waals surface area contributed by atoms with E-state index in [-0.39, 0.29) is 32.3 Å². The average Bonchev–Trinajstić information content (AvgIpc) is 3.41. The first-order valence-electron chi connectivity index (χ1n) is 12.6. The van der Waals surface area contributed by atoms with Crippen molar-refractivity contribution >= 4 is 28.8 Å². The summed E-state index contributed by atoms with van der Waals surface area (Å²) in [5.41, 5.74) is -1.03. The number of carbonyl (C=O) groups excluding carboxylic acids is 3. The SMILES string of the molecule is CC[C@@H](CO)N1C(=O)[C@@H]2[C@H]3C(=O)OCC=C[C@@]3(C)O[C@@]23C=CCN(Cn2nnc4ccccc42)C(=O)C13. The Kier molecular flexibility index (Phi) is 5.46. The van der Waals surface area contributed by atoms with E-state index in [1.807, 2.05) is 37.3 Å². The topological polar surface area (TPSA) is 127 Å². The van der Waals surface area contributed by atoms with Crippen molar-refractivity contribution in [1.82, 2.24) is 24.8 Å². The molecule has 2 fully saturated rings. The number of para-hydroxylation sites is 1. The average molecular weight is 508 g/mol. The number of esters is 1. The van der Waals surface area contributed by atoms with E-state index >= 15 is 0 Å². The van der Waals surface area contributed by atoms with E-state index in [2.05, 4.69) is 10.3 Å². The molecule has 1 spiro atoms. The van der Waals surface area contributed by atoms with Crippen LogP contribution in [0.2, 0.25) is 0 Å². The molecule has 1 aromatic carbocycles. The van der Waals surface area contributed by atoms with Gasteiger partial charge in [-0.25, -0.2) is 4.68 Å². The minimum Gasteiger partial charge on any atom is -0.461 e. The van der Waals surface area contributed by atoms with Gasteiger partial charge in [-0.1, -0.05) is 42.5 Å². The van der Waals surface area contributed by atoms with Gasteiger partial charge in [-0.15, -0.1) is 5.10 Å². The fraction of sp³-hybridized carbons (Fsp3) is 0.500. The molecule has 5 heterocycles. The third kappa shape index (κ3) is 3.30. The molecule has 194 valence electrons. The molecule has 0 radical (unpaired) electrons. The highest BCUT2D eigenvalue weighted by molar-refractivity contribution is 5.99. The van der Waals surface area contributed by atoms with Crippen molar-refractivity contribution in [2.45, 2.75) is 50.2 Å². The third-order valence-corrected chi connectivity index (χ3v) is 8.13. The van der Waals surface area contributed by atoms with Crippen molar-refractivity contribution in [2.75, 3.05) is 19.8 Å². The molecule has 0 bridgehead atoms. The Labute approximate surface area is 213 Å². The van der Waals surface area contributed by atoms with Gasteiger partial charge in [0.2, 0.25) is 5.91 Å². The highest BCUT2D eigenvalue weighted by atomic mass is 16.6. The highest BCUT2D eigenvalue weighted by Crippen LogP contribution is 2.57. The Morgan fingerprint density at radius 3 is 2.73 bits per heavy atom. The molecule has 0 aliphatic carbocycles. The highest BCUT2D eigenvalue weighted by Gasteiger charge is 2.75. The Bertz CT molecular complexity index is 1330. The molecule has 11 heteroatoms. The molecule has 37 heavy (non-hydrogen) atoms. The Morgan fingerprint density at radius 2 is 1.95 bits per heavy atom. The molecular formula is C26H29N5O6. The summed E-state index contributed by atoms with van der Waals surface area (Å²) in [4.78, 5) is 44.6. The normalized spacial score (nSPS) is 33.7. The number of amides is 2. The number of fused-ring (bicyclic) bond motifs is 3. The number of aliphatic hydroxyl groups excluding tert-OH is 1. The lowest BCUT2D eigenvalue weighted by Gasteiger charge is -2.39. The quantitative estimate of drug-likeness (QED) is 0.462. The van der Waals surface area contributed by atoms with Gasteiger partial charge in [-0.2, -0.15) is 0 Å². The van der Waals surface area contributed by atoms with Crippen LogP contribution in [-0.2, 0) is 30.5 Å². The van der Waals surface area contributed by atoms with E-state index in [0.717, 1.165) is 5.52 Å². The Morgan fingerprint density at radius 1 is 1.14 bits per heavy atom. The van der Waals surface area contributed by atoms with Crippen molar-refractivity contribution < 1.29 is 29.0 Å². The van der Waals surface area contributed by atoms with E-state index < -0.39 is 47.0 Å². The van der Waals surface area contributed by atoms with Crippen LogP contribution in [0.1, 0.15) is 20.3 Å². The molecule has 1 aromatic heterocycles. The van der Waals surface area contributed by atoms with Crippen LogP contribution in [-0.4, -0.2) is 90.7 Å². The van der Waals surface area contributed by atoms with Crippen LogP contribution in [0.25, 0.3) is 11.0 Å². The van der Waals surface area contributed by atoms with Crippen molar-refractivity contribution in [3.8, 4) is 0 Å². The van der Waals surface area contributed by atoms with Crippen molar-refractivity contribution in [3.05, 3.63) is 48.6 Å². The van der Waals surface area contributed by atoms with Crippen LogP contribution in [0.5, 0.6) is 0 Å². The van der Waals surface area contributed by atoms with Crippen LogP contribution in [0.15, 0.2) is 48.6 Å². The first kappa shape index (κ1) is 23.8. The summed E-state index contributed by atoms with van der Waals surface area (Å²) in [6, 6.07) is 5.78. The molecular weight excluding hydrogens is 478 g/mol. The fourth-order valence-electron chi connectivity index (χ4n) is 6.46. The monoisotopic (exact) mass is 507 g/mol. The van der Waals surface area contributed by atoms with Crippen molar-refractivity contribution in [3.63, 3.8) is 0 Å². The van der Waals surface area contributed by atoms with Crippen LogP contribution in [0.3, 0.4) is 0 Å². The zero-order valence-corrected chi connectivity index (χ0v) is 20.7. The van der Waals surface area contributed by atoms with Gasteiger partial charge in [0.25, 0.3) is 5.91 Å². The molecule has 4 aliphatic heterocycles. The second-order valence-electron chi connectivity index (χ2n) is 10.2. The van der Waals surface area contributed by atoms with E-state index in [1.165, 1.54) is 4.90 Å². The number of aliphatic hydroxyl groups is 1. The van der Waals surface area contributed by atoms with Gasteiger partial charge >= 0.3 is 5.97 Å². The number of hydrogen-bond donors (Lipinski definition) is 1. The van der Waals surface area contributed by atoms with Gasteiger partial charge in [0.15, 0.2) is 0 Å². The predicted molar refractivity (Wildman–Crippen MR) is 129 cm³/mol. The molecule has 2 saturated heterocycles. The zero-order chi connectivity index (χ0) is 25.9. The lowest BCUT2D eigenvalue weighted by Crippen LogP contribution is -2.58. The van der Waals surface area contributed by atoms with Crippen LogP contribution >= 0.6 is 0 Å². The van der Waals surface area contributed by atoms with E-state index in [4.69, 9.17) is 9.47 Å². The standard InChI is InChI=1S/C26H29N5O6/c1-3-16(14-32)31-21-23(34)29(15-30-18-9-5-4-8-17(18)27-28-30)12-6-11-26(21)19(22(31)33)20-24(35)36-13-7-10-25(20,2)37-26/h4-11,16,19-21,32H,3,12-15H2,1-2H3/t16-,19-,20-,21?,25+,26-/m0/s1. The van der Waals surface area contributed by atoms with E-state index in [1.54, 1.807) is 34.7 Å². The number of ether oxygens (including phenoxy) is 2. The first-order chi connectivity index (χ1) is 17.8. The lowest BCUT2D eigenvalue weighted by molar-refractivity contribution is -0.160. The van der Waals surface area contributed by atoms with Gasteiger partial charge < -0.3 is 24.4 Å². The summed E-state index contributed by atoms with van der Waals surface area (Å²) >= 11 is 0. The summed E-state index contributed by atoms with van der Waals surface area (Å²) in [5, 5.41) is 18.6. The van der Waals surface area contributed by atoms with E-state index in [0.29, 0.717) is 11.9 Å². The zero-order valence-electron chi connectivity index (χ0n) is 20.7. The second kappa shape index (κ2) is 8.49. The molecule has 1 unspecified atom stereocenters. The maximum atomic E-state index is 14.3. The van der Waals surface area contributed by atoms with Gasteiger partial charge in [0.05, 0.1) is 29.7 Å². The number of nitrogens with zero attached hydrogens (tertiary/aromatic N) is 5. The molecule has 2 aromatic rings. The molecule has 4 aliphatic rings. The molecule has 11 nitrogen and oxygen atoms in total. The summed E-state index contributed by atoms with van der Waals surface area (Å²) in [6.45, 7) is 3.74. The maximum absolute atomic E-state index is 14.3. The first-order valence-corrected chi connectivity index (χ1v) is 12.6. The smallest absolute Gasteiger partial charge is 0.313 e. The summed E-state index contributed by atoms with van der Waals surface area (Å²) in [5.74, 6) is -3.16. The van der Waals surface area contributed by atoms with Gasteiger partial charge in [0.1, 0.15) is 36.4 Å². The molecule has 2 amide bonds. The number of aromatic nitrogens is 3. The van der Waals surface area contributed by atoms with Crippen molar-refractivity contribution in [1.29, 1.82) is 0 Å². The predicted octanol–water partition coefficient (Wildman–Crippen LogP) is 0.642. The molecule has 1 N–H and O–H groups in total. The number of cyclic esters (lactones) is 1. The van der Waals surface area contributed by atoms with Crippen LogP contribution in [0.4, 0.5) is 0 Å². The van der Waals surface area contributed by atoms with Crippen LogP contribution in [0, 0.1) is 11.8 Å². The molecule has 6 rings (SSSR count). The Balaban J connectivity index is 1.45. The van der Waals surface area contributed by atoms with Crippen LogP contribution < -0.4 is 0 Å². The minimum absolute atomic E-state index is 0.0952. The lowest BCUT2D eigenvalue weighted by atomic mass is 9.75. The molecule has 0 saturated carbocycles. The largest absolute Gasteiger partial charge is 0.461 e. The maximum Gasteiger partial charge on any atom is 0.313 e. The second-order valence-corrected chi connectivity index (χ2v) is 10.2. The van der Waals surface area contributed by atoms with Gasteiger partial charge in [-0.3, -0.25) is 14.4 Å². The fourth-order valence-corrected chi connectivity index (χ4v) is 6.46. The summed E-state index contributed by atoms with van der Waals surface area (Å²) < 4.78 is 13.7. The van der Waals surface area contributed by atoms with Gasteiger partial charge in [0, 0.05) is 6.54 Å². The summed E-state index contributed by atoms with van der Waals surface area (Å²) in [7, 11) is 0. The van der Waals surface area contributed by atoms with Crippen molar-refractivity contribution in [2.24, 2.45) is 11.8 Å². The number of benzene rings is 1. The number of carbonyl (C=O) groups is 3. The molecule has 6 atom stereocenters. The Hall–Kier alpha value is -3.57. The third-order valence-electron chi connectivity index (χ3n) is 8.13. The van der Waals surface area contributed by atoms with Gasteiger partial charge in [-0.05, 0) is 31.6 Å². The number of hydrogen-bond acceptors (Lipinski definition) is 8. The number of likely N-dealkylation sites (tertiary alicyclic amines) is 1. The summed E-state index contributed by atoms with van der Waals surface area (Å²) in [6.07, 6.45) is 7.47. The number of rotatable bonds is 5. The van der Waals surface area contributed by atoms with E-state index in [9.17, 15) is 19.5 Å². The minimum atomic E-state index is -1.39.